The maximum absolute atomic E-state index is 14.0. The number of hydrogen-bond donors (Lipinski definition) is 0. The summed E-state index contributed by atoms with van der Waals surface area (Å²) in [5.41, 5.74) is 1.76. The van der Waals surface area contributed by atoms with Gasteiger partial charge >= 0.3 is 18.1 Å². The van der Waals surface area contributed by atoms with Crippen molar-refractivity contribution in [2.45, 2.75) is 19.3 Å². The Morgan fingerprint density at radius 2 is 1.76 bits per heavy atom. The number of halogens is 4. The van der Waals surface area contributed by atoms with Crippen LogP contribution in [-0.4, -0.2) is 66.3 Å². The lowest BCUT2D eigenvalue weighted by Gasteiger charge is -2.32. The second kappa shape index (κ2) is 11.0. The average Bonchev–Trinajstić information content (AvgIpc) is 3.33. The van der Waals surface area contributed by atoms with Crippen molar-refractivity contribution in [3.63, 3.8) is 0 Å². The summed E-state index contributed by atoms with van der Waals surface area (Å²) >= 11 is 5.95. The standard InChI is InChI=1S/C29H25ClF3N4O4/c1-35-14-13-34-26(35)21-7-4-5-19(15-21)18-37(41-28(40)29(31,32)33)24-8-3-2-6-22(24)16-36(17-25(37)38)27(39)20-9-11-23(30)12-10-20/h2-12,15H,13-14,16-18H2,1H3/q+1. The van der Waals surface area contributed by atoms with Gasteiger partial charge < -0.3 is 9.80 Å². The van der Waals surface area contributed by atoms with Gasteiger partial charge in [0.05, 0.1) is 13.1 Å². The zero-order valence-corrected chi connectivity index (χ0v) is 22.7. The van der Waals surface area contributed by atoms with E-state index in [1.807, 2.05) is 11.9 Å². The van der Waals surface area contributed by atoms with Crippen LogP contribution in [-0.2, 0) is 27.5 Å². The van der Waals surface area contributed by atoms with Crippen molar-refractivity contribution >= 4 is 40.9 Å². The first-order chi connectivity index (χ1) is 19.5. The Bertz CT molecular complexity index is 1540. The van der Waals surface area contributed by atoms with Crippen LogP contribution in [0.15, 0.2) is 77.8 Å². The van der Waals surface area contributed by atoms with Gasteiger partial charge in [0.15, 0.2) is 12.2 Å². The second-order valence-electron chi connectivity index (χ2n) is 9.79. The lowest BCUT2D eigenvalue weighted by atomic mass is 10.1. The minimum absolute atomic E-state index is 0.0298. The Morgan fingerprint density at radius 1 is 1.02 bits per heavy atom. The molecule has 0 spiro atoms. The van der Waals surface area contributed by atoms with Crippen molar-refractivity contribution in [3.8, 4) is 0 Å². The van der Waals surface area contributed by atoms with Crippen LogP contribution in [0.5, 0.6) is 0 Å². The summed E-state index contributed by atoms with van der Waals surface area (Å²) in [6.45, 7) is 0.158. The van der Waals surface area contributed by atoms with E-state index in [-0.39, 0.29) is 17.8 Å². The lowest BCUT2D eigenvalue weighted by molar-refractivity contribution is -0.235. The number of benzene rings is 3. The van der Waals surface area contributed by atoms with Crippen molar-refractivity contribution in [2.75, 3.05) is 26.7 Å². The lowest BCUT2D eigenvalue weighted by Crippen LogP contribution is -2.58. The number of rotatable bonds is 5. The SMILES string of the molecule is CN1CCN=C1c1cccc(C[N+]2(OC(=O)C(F)(F)F)C(=O)CN(C(=O)c3ccc(Cl)cc3)Cc3ccccc32)c1. The molecule has 1 unspecified atom stereocenters. The summed E-state index contributed by atoms with van der Waals surface area (Å²) in [6, 6.07) is 19.1. The van der Waals surface area contributed by atoms with Gasteiger partial charge in [-0.25, -0.2) is 9.59 Å². The van der Waals surface area contributed by atoms with Crippen LogP contribution in [0, 0.1) is 0 Å². The molecule has 0 saturated heterocycles. The molecule has 41 heavy (non-hydrogen) atoms. The highest BCUT2D eigenvalue weighted by atomic mass is 35.5. The molecule has 0 fully saturated rings. The van der Waals surface area contributed by atoms with E-state index in [1.165, 1.54) is 41.3 Å². The van der Waals surface area contributed by atoms with E-state index in [9.17, 15) is 27.6 Å². The molecule has 212 valence electrons. The van der Waals surface area contributed by atoms with E-state index < -0.39 is 41.7 Å². The van der Waals surface area contributed by atoms with E-state index in [1.54, 1.807) is 36.4 Å². The molecule has 8 nitrogen and oxygen atoms in total. The van der Waals surface area contributed by atoms with Crippen molar-refractivity contribution in [1.82, 2.24) is 14.4 Å². The van der Waals surface area contributed by atoms with Gasteiger partial charge in [0, 0.05) is 46.9 Å². The third kappa shape index (κ3) is 5.68. The maximum atomic E-state index is 14.0. The first-order valence-corrected chi connectivity index (χ1v) is 13.1. The zero-order valence-electron chi connectivity index (χ0n) is 21.9. The average molecular weight is 586 g/mol. The number of alkyl halides is 3. The van der Waals surface area contributed by atoms with Gasteiger partial charge in [-0.05, 0) is 35.0 Å². The fourth-order valence-electron chi connectivity index (χ4n) is 5.00. The number of nitrogens with zero attached hydrogens (tertiary/aromatic N) is 4. The van der Waals surface area contributed by atoms with Crippen LogP contribution in [0.3, 0.4) is 0 Å². The van der Waals surface area contributed by atoms with Crippen molar-refractivity contribution in [2.24, 2.45) is 4.99 Å². The molecule has 0 bridgehead atoms. The topological polar surface area (TPSA) is 79.3 Å². The van der Waals surface area contributed by atoms with E-state index in [0.717, 1.165) is 0 Å². The molecular weight excluding hydrogens is 561 g/mol. The van der Waals surface area contributed by atoms with Crippen LogP contribution in [0.1, 0.15) is 27.0 Å². The van der Waals surface area contributed by atoms with Gasteiger partial charge in [0.1, 0.15) is 12.4 Å². The largest absolute Gasteiger partial charge is 0.497 e. The summed E-state index contributed by atoms with van der Waals surface area (Å²) in [5, 5.41) is 0.408. The van der Waals surface area contributed by atoms with E-state index in [4.69, 9.17) is 16.4 Å². The third-order valence-electron chi connectivity index (χ3n) is 6.97. The number of carbonyl (C=O) groups excluding carboxylic acids is 3. The van der Waals surface area contributed by atoms with Gasteiger partial charge in [-0.1, -0.05) is 48.0 Å². The molecule has 2 heterocycles. The number of carbonyl (C=O) groups is 3. The number of amidine groups is 1. The summed E-state index contributed by atoms with van der Waals surface area (Å²) in [6.07, 6.45) is -5.37. The number of amides is 2. The highest BCUT2D eigenvalue weighted by Gasteiger charge is 2.55. The Hall–Kier alpha value is -4.22. The summed E-state index contributed by atoms with van der Waals surface area (Å²) in [5.74, 6) is -3.27. The zero-order chi connectivity index (χ0) is 29.4. The molecule has 3 aromatic rings. The Balaban J connectivity index is 1.60. The molecule has 0 saturated carbocycles. The van der Waals surface area contributed by atoms with E-state index >= 15 is 0 Å². The van der Waals surface area contributed by atoms with Crippen LogP contribution in [0.4, 0.5) is 18.9 Å². The highest BCUT2D eigenvalue weighted by Crippen LogP contribution is 2.37. The minimum atomic E-state index is -5.37. The van der Waals surface area contributed by atoms with Gasteiger partial charge in [0.2, 0.25) is 0 Å². The molecule has 2 aliphatic heterocycles. The summed E-state index contributed by atoms with van der Waals surface area (Å²) in [4.78, 5) is 52.6. The highest BCUT2D eigenvalue weighted by molar-refractivity contribution is 6.30. The first-order valence-electron chi connectivity index (χ1n) is 12.7. The summed E-state index contributed by atoms with van der Waals surface area (Å²) in [7, 11) is 1.87. The molecule has 5 rings (SSSR count). The van der Waals surface area contributed by atoms with Gasteiger partial charge in [0.25, 0.3) is 5.91 Å². The first kappa shape index (κ1) is 28.3. The normalized spacial score (nSPS) is 19.0. The van der Waals surface area contributed by atoms with Crippen molar-refractivity contribution in [1.29, 1.82) is 0 Å². The van der Waals surface area contributed by atoms with Crippen LogP contribution in [0.2, 0.25) is 5.02 Å². The number of quaternary nitrogens is 1. The molecule has 2 amide bonds. The van der Waals surface area contributed by atoms with Crippen LogP contribution < -0.4 is 4.65 Å². The number of fused-ring (bicyclic) bond motifs is 1. The number of likely N-dealkylation sites (N-methyl/N-ethyl adjacent to an activating group) is 1. The fraction of sp³-hybridized carbons (Fsp3) is 0.241. The smallest absolute Gasteiger partial charge is 0.358 e. The van der Waals surface area contributed by atoms with Crippen LogP contribution in [0.25, 0.3) is 0 Å². The number of hydrogen-bond acceptors (Lipinski definition) is 6. The van der Waals surface area contributed by atoms with Gasteiger partial charge in [-0.2, -0.15) is 13.2 Å². The molecule has 3 aromatic carbocycles. The number of hydroxylamine groups is 2. The Morgan fingerprint density at radius 3 is 2.44 bits per heavy atom. The van der Waals surface area contributed by atoms with Crippen LogP contribution >= 0.6 is 11.6 Å². The molecular formula is C29H25ClF3N4O4+. The molecule has 0 radical (unpaired) electrons. The molecule has 0 aliphatic carbocycles. The summed E-state index contributed by atoms with van der Waals surface area (Å²) < 4.78 is 39.4. The minimum Gasteiger partial charge on any atom is -0.358 e. The molecule has 0 N–H and O–H groups in total. The predicted molar refractivity (Wildman–Crippen MR) is 146 cm³/mol. The monoisotopic (exact) mass is 585 g/mol. The predicted octanol–water partition coefficient (Wildman–Crippen LogP) is 4.74. The maximum Gasteiger partial charge on any atom is 0.497 e. The van der Waals surface area contributed by atoms with Gasteiger partial charge in [-0.15, -0.1) is 0 Å². The molecule has 2 aliphatic rings. The third-order valence-corrected chi connectivity index (χ3v) is 7.22. The van der Waals surface area contributed by atoms with E-state index in [2.05, 4.69) is 4.99 Å². The van der Waals surface area contributed by atoms with Crippen molar-refractivity contribution in [3.05, 3.63) is 100 Å². The van der Waals surface area contributed by atoms with E-state index in [0.29, 0.717) is 40.6 Å². The fourth-order valence-corrected chi connectivity index (χ4v) is 5.12. The quantitative estimate of drug-likeness (QED) is 0.404. The second-order valence-corrected chi connectivity index (χ2v) is 10.2. The Kier molecular flexibility index (Phi) is 7.58. The molecule has 0 aromatic heterocycles. The number of para-hydroxylation sites is 1. The van der Waals surface area contributed by atoms with Crippen molar-refractivity contribution < 1.29 is 32.4 Å². The van der Waals surface area contributed by atoms with Gasteiger partial charge in [-0.3, -0.25) is 14.6 Å². The molecule has 12 heteroatoms. The molecule has 1 atom stereocenters. The Labute approximate surface area is 238 Å². The number of aliphatic imine (C=N–C) groups is 1.